The summed E-state index contributed by atoms with van der Waals surface area (Å²) in [6, 6.07) is 16.7. The largest absolute Gasteiger partial charge is 0.492 e. The van der Waals surface area contributed by atoms with Crippen LogP contribution < -0.4 is 14.8 Å². The van der Waals surface area contributed by atoms with Gasteiger partial charge in [-0.3, -0.25) is 9.52 Å². The van der Waals surface area contributed by atoms with Gasteiger partial charge in [0, 0.05) is 5.56 Å². The van der Waals surface area contributed by atoms with Gasteiger partial charge in [0.25, 0.3) is 5.91 Å². The first-order chi connectivity index (χ1) is 14.0. The number of nitrogens with one attached hydrogen (secondary N) is 2. The minimum Gasteiger partial charge on any atom is -0.492 e. The van der Waals surface area contributed by atoms with Crippen LogP contribution in [0.5, 0.6) is 5.75 Å². The molecule has 0 radical (unpaired) electrons. The molecule has 0 heterocycles. The third-order valence-electron chi connectivity index (χ3n) is 4.74. The van der Waals surface area contributed by atoms with Gasteiger partial charge in [-0.15, -0.1) is 0 Å². The highest BCUT2D eigenvalue weighted by molar-refractivity contribution is 7.92. The van der Waals surface area contributed by atoms with Crippen LogP contribution in [-0.2, 0) is 15.4 Å². The molecule has 0 aliphatic rings. The van der Waals surface area contributed by atoms with E-state index in [-0.39, 0.29) is 22.8 Å². The van der Waals surface area contributed by atoms with Gasteiger partial charge in [0.1, 0.15) is 0 Å². The van der Waals surface area contributed by atoms with Gasteiger partial charge >= 0.3 is 0 Å². The van der Waals surface area contributed by atoms with E-state index in [1.165, 1.54) is 7.11 Å². The molecule has 2 N–H and O–H groups in total. The van der Waals surface area contributed by atoms with E-state index < -0.39 is 10.0 Å². The Morgan fingerprint density at radius 3 is 2.23 bits per heavy atom. The summed E-state index contributed by atoms with van der Waals surface area (Å²) >= 11 is 0. The summed E-state index contributed by atoms with van der Waals surface area (Å²) in [6.07, 6.45) is 1.07. The molecule has 0 unspecified atom stereocenters. The van der Waals surface area contributed by atoms with Crippen molar-refractivity contribution in [3.63, 3.8) is 0 Å². The van der Waals surface area contributed by atoms with Crippen molar-refractivity contribution in [1.29, 1.82) is 0 Å². The zero-order chi connectivity index (χ0) is 22.1. The summed E-state index contributed by atoms with van der Waals surface area (Å²) in [6.45, 7) is 6.03. The lowest BCUT2D eigenvalue weighted by Gasteiger charge is -2.24. The first-order valence-electron chi connectivity index (χ1n) is 9.49. The Kier molecular flexibility index (Phi) is 5.76. The molecule has 0 aromatic heterocycles. The molecule has 3 aromatic rings. The van der Waals surface area contributed by atoms with Crippen molar-refractivity contribution in [1.82, 2.24) is 0 Å². The van der Waals surface area contributed by atoms with E-state index in [0.717, 1.165) is 22.6 Å². The Morgan fingerprint density at radius 2 is 1.60 bits per heavy atom. The molecular formula is C23H26N2O4S. The molecule has 0 spiro atoms. The van der Waals surface area contributed by atoms with Crippen molar-refractivity contribution in [2.24, 2.45) is 0 Å². The molecule has 0 aliphatic carbocycles. The van der Waals surface area contributed by atoms with Crippen molar-refractivity contribution in [2.45, 2.75) is 26.2 Å². The number of carbonyl (C=O) groups is 1. The normalized spacial score (nSPS) is 11.9. The molecule has 0 saturated heterocycles. The van der Waals surface area contributed by atoms with E-state index in [1.807, 2.05) is 63.2 Å². The Labute approximate surface area is 177 Å². The Balaban J connectivity index is 2.11. The topological polar surface area (TPSA) is 84.5 Å². The maximum absolute atomic E-state index is 13.1. The maximum Gasteiger partial charge on any atom is 0.256 e. The van der Waals surface area contributed by atoms with Crippen LogP contribution in [-0.4, -0.2) is 27.7 Å². The summed E-state index contributed by atoms with van der Waals surface area (Å²) in [5, 5.41) is 4.70. The lowest BCUT2D eigenvalue weighted by Crippen LogP contribution is -2.18. The van der Waals surface area contributed by atoms with Gasteiger partial charge in [-0.25, -0.2) is 8.42 Å². The second kappa shape index (κ2) is 7.99. The smallest absolute Gasteiger partial charge is 0.256 e. The number of hydrogen-bond acceptors (Lipinski definition) is 4. The zero-order valence-corrected chi connectivity index (χ0v) is 18.6. The molecule has 0 saturated carbocycles. The fourth-order valence-electron chi connectivity index (χ4n) is 3.26. The maximum atomic E-state index is 13.1. The fraction of sp³-hybridized carbons (Fsp3) is 0.261. The number of benzene rings is 3. The molecule has 3 rings (SSSR count). The molecule has 0 fully saturated rings. The number of ether oxygens (including phenoxy) is 1. The van der Waals surface area contributed by atoms with Crippen LogP contribution in [0, 0.1) is 0 Å². The summed E-state index contributed by atoms with van der Waals surface area (Å²) < 4.78 is 31.7. The number of anilines is 2. The van der Waals surface area contributed by atoms with Crippen molar-refractivity contribution in [3.8, 4) is 5.75 Å². The first kappa shape index (κ1) is 21.6. The molecule has 30 heavy (non-hydrogen) atoms. The van der Waals surface area contributed by atoms with Crippen LogP contribution in [0.4, 0.5) is 11.4 Å². The number of rotatable bonds is 5. The number of methoxy groups -OCH3 is 1. The fourth-order valence-corrected chi connectivity index (χ4v) is 3.81. The minimum absolute atomic E-state index is 0.252. The van der Waals surface area contributed by atoms with E-state index in [0.29, 0.717) is 11.3 Å². The van der Waals surface area contributed by atoms with Gasteiger partial charge in [-0.1, -0.05) is 57.2 Å². The van der Waals surface area contributed by atoms with Gasteiger partial charge < -0.3 is 10.1 Å². The predicted molar refractivity (Wildman–Crippen MR) is 122 cm³/mol. The highest BCUT2D eigenvalue weighted by Gasteiger charge is 2.22. The Hall–Kier alpha value is -3.06. The van der Waals surface area contributed by atoms with Gasteiger partial charge in [0.15, 0.2) is 5.75 Å². The van der Waals surface area contributed by atoms with Gasteiger partial charge in [-0.05, 0) is 39.9 Å². The molecule has 7 heteroatoms. The zero-order valence-electron chi connectivity index (χ0n) is 17.7. The molecule has 0 bridgehead atoms. The summed E-state index contributed by atoms with van der Waals surface area (Å²) in [7, 11) is -2.10. The lowest BCUT2D eigenvalue weighted by molar-refractivity contribution is 0.102. The quantitative estimate of drug-likeness (QED) is 0.615. The van der Waals surface area contributed by atoms with Crippen LogP contribution in [0.25, 0.3) is 10.8 Å². The van der Waals surface area contributed by atoms with Crippen LogP contribution >= 0.6 is 0 Å². The van der Waals surface area contributed by atoms with E-state index in [9.17, 15) is 13.2 Å². The monoisotopic (exact) mass is 426 g/mol. The molecule has 3 aromatic carbocycles. The minimum atomic E-state index is -3.54. The molecular weight excluding hydrogens is 400 g/mol. The third kappa shape index (κ3) is 4.74. The first-order valence-corrected chi connectivity index (χ1v) is 11.4. The molecule has 1 amide bonds. The van der Waals surface area contributed by atoms with Gasteiger partial charge in [0.2, 0.25) is 10.0 Å². The number of hydrogen-bond donors (Lipinski definition) is 2. The second-order valence-corrected chi connectivity index (χ2v) is 9.96. The second-order valence-electron chi connectivity index (χ2n) is 8.21. The van der Waals surface area contributed by atoms with Crippen LogP contribution in [0.15, 0.2) is 54.6 Å². The summed E-state index contributed by atoms with van der Waals surface area (Å²) in [4.78, 5) is 13.1. The van der Waals surface area contributed by atoms with E-state index in [1.54, 1.807) is 12.1 Å². The van der Waals surface area contributed by atoms with E-state index in [4.69, 9.17) is 4.74 Å². The molecule has 0 aliphatic heterocycles. The Morgan fingerprint density at radius 1 is 0.967 bits per heavy atom. The standard InChI is InChI=1S/C23H26N2O4S/c1-23(2,3)16-13-19(21(29-4)20(14-16)25-30(5,27)28)24-22(26)18-12-8-10-15-9-6-7-11-17(15)18/h6-14,25H,1-5H3,(H,24,26). The van der Waals surface area contributed by atoms with Crippen molar-refractivity contribution >= 4 is 38.1 Å². The van der Waals surface area contributed by atoms with Crippen molar-refractivity contribution < 1.29 is 17.9 Å². The van der Waals surface area contributed by atoms with Crippen molar-refractivity contribution in [2.75, 3.05) is 23.4 Å². The van der Waals surface area contributed by atoms with Crippen LogP contribution in [0.2, 0.25) is 0 Å². The lowest BCUT2D eigenvalue weighted by atomic mass is 9.86. The SMILES string of the molecule is COc1c(NC(=O)c2cccc3ccccc23)cc(C(C)(C)C)cc1NS(C)(=O)=O. The number of amides is 1. The highest BCUT2D eigenvalue weighted by atomic mass is 32.2. The van der Waals surface area contributed by atoms with Gasteiger partial charge in [0.05, 0.1) is 24.7 Å². The third-order valence-corrected chi connectivity index (χ3v) is 5.33. The van der Waals surface area contributed by atoms with Crippen molar-refractivity contribution in [3.05, 3.63) is 65.7 Å². The van der Waals surface area contributed by atoms with Gasteiger partial charge in [-0.2, -0.15) is 0 Å². The number of carbonyl (C=O) groups excluding carboxylic acids is 1. The predicted octanol–water partition coefficient (Wildman–Crippen LogP) is 4.77. The van der Waals surface area contributed by atoms with Crippen LogP contribution in [0.3, 0.4) is 0 Å². The van der Waals surface area contributed by atoms with E-state index >= 15 is 0 Å². The average molecular weight is 427 g/mol. The molecule has 0 atom stereocenters. The molecule has 158 valence electrons. The molecule has 6 nitrogen and oxygen atoms in total. The van der Waals surface area contributed by atoms with E-state index in [2.05, 4.69) is 10.0 Å². The number of fused-ring (bicyclic) bond motifs is 1. The highest BCUT2D eigenvalue weighted by Crippen LogP contribution is 2.39. The summed E-state index contributed by atoms with van der Waals surface area (Å²) in [5.41, 5.74) is 1.77. The number of sulfonamides is 1. The Bertz CT molecular complexity index is 1210. The average Bonchev–Trinajstić information content (AvgIpc) is 2.65. The van der Waals surface area contributed by atoms with Crippen LogP contribution in [0.1, 0.15) is 36.7 Å². The summed E-state index contributed by atoms with van der Waals surface area (Å²) in [5.74, 6) is -0.0523.